The summed E-state index contributed by atoms with van der Waals surface area (Å²) in [5.41, 5.74) is 0.912. The normalized spacial score (nSPS) is 15.5. The van der Waals surface area contributed by atoms with E-state index in [4.69, 9.17) is 0 Å². The van der Waals surface area contributed by atoms with Crippen molar-refractivity contribution < 1.29 is 14.7 Å². The van der Waals surface area contributed by atoms with E-state index in [9.17, 15) is 14.7 Å². The lowest BCUT2D eigenvalue weighted by atomic mass is 10.1. The molecule has 5 heteroatoms. The molecule has 0 unspecified atom stereocenters. The van der Waals surface area contributed by atoms with Crippen LogP contribution >= 0.6 is 0 Å². The van der Waals surface area contributed by atoms with E-state index in [0.29, 0.717) is 26.2 Å². The maximum atomic E-state index is 12.2. The Morgan fingerprint density at radius 3 is 2.27 bits per heavy atom. The second kappa shape index (κ2) is 7.82. The Morgan fingerprint density at radius 1 is 0.955 bits per heavy atom. The van der Waals surface area contributed by atoms with Crippen molar-refractivity contribution in [2.24, 2.45) is 0 Å². The molecule has 0 atom stereocenters. The first kappa shape index (κ1) is 16.3. The lowest BCUT2D eigenvalue weighted by Gasteiger charge is -2.33. The largest absolute Gasteiger partial charge is 0.508 e. The molecular weight excluding hydrogens is 280 g/mol. The van der Waals surface area contributed by atoms with Crippen LogP contribution in [0.5, 0.6) is 5.75 Å². The Kier molecular flexibility index (Phi) is 5.81. The lowest BCUT2D eigenvalue weighted by Crippen LogP contribution is -2.54. The fraction of sp³-hybridized carbons (Fsp3) is 0.529. The van der Waals surface area contributed by atoms with Gasteiger partial charge in [0.15, 0.2) is 0 Å². The van der Waals surface area contributed by atoms with Crippen LogP contribution in [0.4, 0.5) is 0 Å². The van der Waals surface area contributed by atoms with Crippen molar-refractivity contribution in [3.05, 3.63) is 29.8 Å². The van der Waals surface area contributed by atoms with Crippen LogP contribution in [0.2, 0.25) is 0 Å². The van der Waals surface area contributed by atoms with E-state index in [1.165, 1.54) is 6.42 Å². The summed E-state index contributed by atoms with van der Waals surface area (Å²) in [7, 11) is 0. The fourth-order valence-corrected chi connectivity index (χ4v) is 2.63. The van der Waals surface area contributed by atoms with Gasteiger partial charge in [0.1, 0.15) is 5.75 Å². The molecule has 1 N–H and O–H groups in total. The van der Waals surface area contributed by atoms with Crippen molar-refractivity contribution in [1.82, 2.24) is 9.80 Å². The molecule has 0 saturated carbocycles. The van der Waals surface area contributed by atoms with Gasteiger partial charge in [-0.2, -0.15) is 0 Å². The van der Waals surface area contributed by atoms with Gasteiger partial charge >= 0.3 is 11.8 Å². The first-order chi connectivity index (χ1) is 10.6. The molecule has 1 aromatic rings. The SMILES string of the molecule is CCCCCCN1CCN(Cc2ccc(O)cc2)C(=O)C1=O. The van der Waals surface area contributed by atoms with Gasteiger partial charge in [-0.15, -0.1) is 0 Å². The van der Waals surface area contributed by atoms with Crippen LogP contribution in [-0.4, -0.2) is 46.4 Å². The van der Waals surface area contributed by atoms with Crippen LogP contribution in [0.15, 0.2) is 24.3 Å². The van der Waals surface area contributed by atoms with E-state index >= 15 is 0 Å². The average molecular weight is 304 g/mol. The smallest absolute Gasteiger partial charge is 0.312 e. The summed E-state index contributed by atoms with van der Waals surface area (Å²) in [5, 5.41) is 9.27. The molecule has 2 amide bonds. The van der Waals surface area contributed by atoms with Gasteiger partial charge in [-0.05, 0) is 24.1 Å². The standard InChI is InChI=1S/C17H24N2O3/c1-2-3-4-5-10-18-11-12-19(17(22)16(18)21)13-14-6-8-15(20)9-7-14/h6-9,20H,2-5,10-13H2,1H3. The van der Waals surface area contributed by atoms with Crippen LogP contribution in [0.3, 0.4) is 0 Å². The highest BCUT2D eigenvalue weighted by Crippen LogP contribution is 2.14. The molecule has 1 aliphatic heterocycles. The van der Waals surface area contributed by atoms with Gasteiger partial charge < -0.3 is 14.9 Å². The van der Waals surface area contributed by atoms with Crippen LogP contribution in [-0.2, 0) is 16.1 Å². The number of carbonyl (C=O) groups is 2. The summed E-state index contributed by atoms with van der Waals surface area (Å²) in [6.07, 6.45) is 4.40. The number of benzene rings is 1. The Hall–Kier alpha value is -2.04. The van der Waals surface area contributed by atoms with Gasteiger partial charge in [-0.25, -0.2) is 0 Å². The predicted octanol–water partition coefficient (Wildman–Crippen LogP) is 2.14. The van der Waals surface area contributed by atoms with Gasteiger partial charge in [-0.1, -0.05) is 38.3 Å². The molecule has 0 aliphatic carbocycles. The summed E-state index contributed by atoms with van der Waals surface area (Å²) in [6, 6.07) is 6.71. The minimum absolute atomic E-state index is 0.197. The van der Waals surface area contributed by atoms with Crippen molar-refractivity contribution in [3.63, 3.8) is 0 Å². The number of unbranched alkanes of at least 4 members (excludes halogenated alkanes) is 3. The van der Waals surface area contributed by atoms with Gasteiger partial charge in [-0.3, -0.25) is 9.59 Å². The average Bonchev–Trinajstić information content (AvgIpc) is 2.52. The molecule has 0 aromatic heterocycles. The highest BCUT2D eigenvalue weighted by molar-refractivity contribution is 6.35. The molecule has 2 rings (SSSR count). The third-order valence-electron chi connectivity index (χ3n) is 3.99. The maximum absolute atomic E-state index is 12.2. The van der Waals surface area contributed by atoms with E-state index in [-0.39, 0.29) is 11.7 Å². The predicted molar refractivity (Wildman–Crippen MR) is 84.2 cm³/mol. The molecule has 1 aliphatic rings. The first-order valence-electron chi connectivity index (χ1n) is 7.98. The molecule has 0 radical (unpaired) electrons. The Labute approximate surface area is 131 Å². The number of hydrogen-bond donors (Lipinski definition) is 1. The maximum Gasteiger partial charge on any atom is 0.312 e. The van der Waals surface area contributed by atoms with Gasteiger partial charge in [0.2, 0.25) is 0 Å². The molecule has 22 heavy (non-hydrogen) atoms. The van der Waals surface area contributed by atoms with E-state index in [2.05, 4.69) is 6.92 Å². The second-order valence-corrected chi connectivity index (χ2v) is 5.75. The van der Waals surface area contributed by atoms with E-state index in [1.54, 1.807) is 34.1 Å². The number of phenols is 1. The highest BCUT2D eigenvalue weighted by Gasteiger charge is 2.31. The Balaban J connectivity index is 1.86. The molecule has 1 heterocycles. The van der Waals surface area contributed by atoms with Crippen molar-refractivity contribution in [1.29, 1.82) is 0 Å². The topological polar surface area (TPSA) is 60.9 Å². The molecule has 1 fully saturated rings. The molecule has 1 saturated heterocycles. The third-order valence-corrected chi connectivity index (χ3v) is 3.99. The van der Waals surface area contributed by atoms with Gasteiger partial charge in [0.05, 0.1) is 0 Å². The summed E-state index contributed by atoms with van der Waals surface area (Å²) < 4.78 is 0. The zero-order valence-electron chi connectivity index (χ0n) is 13.1. The number of rotatable bonds is 7. The molecule has 0 bridgehead atoms. The van der Waals surface area contributed by atoms with E-state index < -0.39 is 5.91 Å². The number of phenolic OH excluding ortho intramolecular Hbond substituents is 1. The summed E-state index contributed by atoms with van der Waals surface area (Å²) in [4.78, 5) is 27.6. The lowest BCUT2D eigenvalue weighted by molar-refractivity contribution is -0.156. The molecule has 120 valence electrons. The number of amides is 2. The zero-order chi connectivity index (χ0) is 15.9. The van der Waals surface area contributed by atoms with Crippen LogP contribution in [0.25, 0.3) is 0 Å². The van der Waals surface area contributed by atoms with Crippen molar-refractivity contribution in [2.75, 3.05) is 19.6 Å². The fourth-order valence-electron chi connectivity index (χ4n) is 2.63. The monoisotopic (exact) mass is 304 g/mol. The first-order valence-corrected chi connectivity index (χ1v) is 7.98. The minimum Gasteiger partial charge on any atom is -0.508 e. The molecular formula is C17H24N2O3. The quantitative estimate of drug-likeness (QED) is 0.620. The second-order valence-electron chi connectivity index (χ2n) is 5.75. The van der Waals surface area contributed by atoms with Crippen LogP contribution < -0.4 is 0 Å². The van der Waals surface area contributed by atoms with Gasteiger partial charge in [0.25, 0.3) is 0 Å². The number of hydrogen-bond acceptors (Lipinski definition) is 3. The summed E-state index contributed by atoms with van der Waals surface area (Å²) in [6.45, 7) is 4.41. The summed E-state index contributed by atoms with van der Waals surface area (Å²) in [5.74, 6) is -0.612. The van der Waals surface area contributed by atoms with E-state index in [0.717, 1.165) is 24.8 Å². The number of piperazine rings is 1. The molecule has 1 aromatic carbocycles. The number of carbonyl (C=O) groups excluding carboxylic acids is 2. The van der Waals surface area contributed by atoms with Crippen molar-refractivity contribution in [2.45, 2.75) is 39.2 Å². The number of aromatic hydroxyl groups is 1. The highest BCUT2D eigenvalue weighted by atomic mass is 16.3. The van der Waals surface area contributed by atoms with Crippen molar-refractivity contribution in [3.8, 4) is 5.75 Å². The Morgan fingerprint density at radius 2 is 1.59 bits per heavy atom. The Bertz CT molecular complexity index is 513. The van der Waals surface area contributed by atoms with Gasteiger partial charge in [0, 0.05) is 26.2 Å². The zero-order valence-corrected chi connectivity index (χ0v) is 13.1. The molecule has 0 spiro atoms. The molecule has 5 nitrogen and oxygen atoms in total. The van der Waals surface area contributed by atoms with Crippen LogP contribution in [0.1, 0.15) is 38.2 Å². The van der Waals surface area contributed by atoms with E-state index in [1.807, 2.05) is 0 Å². The third kappa shape index (κ3) is 4.23. The minimum atomic E-state index is -0.421. The number of nitrogens with zero attached hydrogens (tertiary/aromatic N) is 2. The van der Waals surface area contributed by atoms with Crippen molar-refractivity contribution >= 4 is 11.8 Å². The van der Waals surface area contributed by atoms with Crippen LogP contribution in [0, 0.1) is 0 Å². The summed E-state index contributed by atoms with van der Waals surface area (Å²) >= 11 is 0.